The van der Waals surface area contributed by atoms with Crippen LogP contribution in [-0.2, 0) is 0 Å². The van der Waals surface area contributed by atoms with Gasteiger partial charge in [-0.05, 0) is 31.9 Å². The molecule has 0 bridgehead atoms. The molecule has 4 heteroatoms. The second-order valence-electron chi connectivity index (χ2n) is 5.01. The molecule has 1 aliphatic carbocycles. The molecule has 17 heavy (non-hydrogen) atoms. The Hall–Kier alpha value is -1.03. The monoisotopic (exact) mass is 249 g/mol. The Kier molecular flexibility index (Phi) is 2.82. The van der Waals surface area contributed by atoms with E-state index in [9.17, 15) is 0 Å². The van der Waals surface area contributed by atoms with Crippen molar-refractivity contribution in [3.8, 4) is 0 Å². The lowest BCUT2D eigenvalue weighted by Gasteiger charge is -2.31. The van der Waals surface area contributed by atoms with Crippen LogP contribution in [0.25, 0.3) is 0 Å². The normalized spacial score (nSPS) is 25.6. The summed E-state index contributed by atoms with van der Waals surface area (Å²) in [5.41, 5.74) is 6.07. The van der Waals surface area contributed by atoms with Gasteiger partial charge in [0.15, 0.2) is 5.96 Å². The summed E-state index contributed by atoms with van der Waals surface area (Å²) < 4.78 is 0. The summed E-state index contributed by atoms with van der Waals surface area (Å²) in [6.07, 6.45) is 5.23. The Morgan fingerprint density at radius 1 is 1.35 bits per heavy atom. The third-order valence-corrected chi connectivity index (χ3v) is 4.94. The number of nitrogens with two attached hydrogens (primary N) is 1. The molecule has 92 valence electrons. The maximum Gasteiger partial charge on any atom is 0.192 e. The van der Waals surface area contributed by atoms with E-state index in [1.165, 1.54) is 35.4 Å². The van der Waals surface area contributed by atoms with Crippen LogP contribution in [0.2, 0.25) is 0 Å². The van der Waals surface area contributed by atoms with Crippen LogP contribution in [0.5, 0.6) is 0 Å². The van der Waals surface area contributed by atoms with Gasteiger partial charge in [-0.3, -0.25) is 4.99 Å². The lowest BCUT2D eigenvalue weighted by Crippen LogP contribution is -2.42. The Bertz CT molecular complexity index is 432. The molecule has 0 saturated heterocycles. The first-order valence-electron chi connectivity index (χ1n) is 6.40. The van der Waals surface area contributed by atoms with Gasteiger partial charge >= 0.3 is 0 Å². The molecule has 0 radical (unpaired) electrons. The van der Waals surface area contributed by atoms with Crippen molar-refractivity contribution in [2.75, 3.05) is 6.54 Å². The Balaban J connectivity index is 1.85. The van der Waals surface area contributed by atoms with Crippen LogP contribution < -0.4 is 5.73 Å². The van der Waals surface area contributed by atoms with Gasteiger partial charge in [-0.25, -0.2) is 0 Å². The Morgan fingerprint density at radius 3 is 2.76 bits per heavy atom. The van der Waals surface area contributed by atoms with Crippen LogP contribution >= 0.6 is 11.3 Å². The van der Waals surface area contributed by atoms with E-state index in [0.29, 0.717) is 12.1 Å². The zero-order valence-corrected chi connectivity index (χ0v) is 11.0. The van der Waals surface area contributed by atoms with E-state index in [1.807, 2.05) is 11.3 Å². The van der Waals surface area contributed by atoms with Crippen molar-refractivity contribution in [3.05, 3.63) is 21.9 Å². The average Bonchev–Trinajstić information content (AvgIpc) is 2.97. The number of thiophene rings is 1. The highest BCUT2D eigenvalue weighted by molar-refractivity contribution is 7.12. The fourth-order valence-corrected chi connectivity index (χ4v) is 3.96. The molecule has 1 unspecified atom stereocenters. The van der Waals surface area contributed by atoms with Crippen molar-refractivity contribution in [2.45, 2.75) is 44.7 Å². The smallest absolute Gasteiger partial charge is 0.192 e. The molecule has 1 aromatic rings. The number of aliphatic imine (C=N–C) groups is 1. The standard InChI is InChI=1S/C13H19N3S/c1-9-6-7-12(17-9)11-8-15-13(14)16(11)10-4-2-3-5-10/h6-7,10-11H,2-5,8H2,1H3,(H2,14,15). The van der Waals surface area contributed by atoms with Crippen molar-refractivity contribution < 1.29 is 0 Å². The molecular weight excluding hydrogens is 230 g/mol. The second-order valence-corrected chi connectivity index (χ2v) is 6.33. The summed E-state index contributed by atoms with van der Waals surface area (Å²) in [5, 5.41) is 0. The first-order valence-corrected chi connectivity index (χ1v) is 7.22. The minimum atomic E-state index is 0.400. The lowest BCUT2D eigenvalue weighted by molar-refractivity contribution is 0.265. The molecule has 1 aromatic heterocycles. The maximum atomic E-state index is 6.07. The topological polar surface area (TPSA) is 41.6 Å². The summed E-state index contributed by atoms with van der Waals surface area (Å²) in [7, 11) is 0. The number of nitrogens with zero attached hydrogens (tertiary/aromatic N) is 2. The third kappa shape index (κ3) is 1.95. The molecular formula is C13H19N3S. The molecule has 3 rings (SSSR count). The molecule has 0 spiro atoms. The molecule has 2 aliphatic rings. The zero-order chi connectivity index (χ0) is 11.8. The molecule has 1 fully saturated rings. The Morgan fingerprint density at radius 2 is 2.12 bits per heavy atom. The van der Waals surface area contributed by atoms with Crippen molar-refractivity contribution in [1.29, 1.82) is 0 Å². The van der Waals surface area contributed by atoms with E-state index in [-0.39, 0.29) is 0 Å². The van der Waals surface area contributed by atoms with Gasteiger partial charge < -0.3 is 10.6 Å². The summed E-state index contributed by atoms with van der Waals surface area (Å²) in [5.74, 6) is 0.757. The SMILES string of the molecule is Cc1ccc(C2CN=C(N)N2C2CCCC2)s1. The summed E-state index contributed by atoms with van der Waals surface area (Å²) in [6.45, 7) is 3.00. The summed E-state index contributed by atoms with van der Waals surface area (Å²) in [6, 6.07) is 5.45. The fourth-order valence-electron chi connectivity index (χ4n) is 2.99. The molecule has 0 amide bonds. The van der Waals surface area contributed by atoms with Gasteiger partial charge in [0.1, 0.15) is 0 Å². The minimum absolute atomic E-state index is 0.400. The molecule has 0 aromatic carbocycles. The number of hydrogen-bond donors (Lipinski definition) is 1. The highest BCUT2D eigenvalue weighted by atomic mass is 32.1. The fraction of sp³-hybridized carbons (Fsp3) is 0.615. The van der Waals surface area contributed by atoms with Crippen molar-refractivity contribution in [3.63, 3.8) is 0 Å². The predicted molar refractivity (Wildman–Crippen MR) is 72.4 cm³/mol. The average molecular weight is 249 g/mol. The van der Waals surface area contributed by atoms with Gasteiger partial charge in [0.05, 0.1) is 12.6 Å². The molecule has 2 heterocycles. The number of hydrogen-bond acceptors (Lipinski definition) is 4. The summed E-state index contributed by atoms with van der Waals surface area (Å²) in [4.78, 5) is 9.62. The second kappa shape index (κ2) is 4.33. The van der Waals surface area contributed by atoms with Gasteiger partial charge in [-0.15, -0.1) is 11.3 Å². The van der Waals surface area contributed by atoms with Crippen LogP contribution in [0, 0.1) is 6.92 Å². The zero-order valence-electron chi connectivity index (χ0n) is 10.2. The van der Waals surface area contributed by atoms with Gasteiger partial charge in [-0.1, -0.05) is 12.8 Å². The van der Waals surface area contributed by atoms with Crippen LogP contribution in [0.4, 0.5) is 0 Å². The van der Waals surface area contributed by atoms with Crippen LogP contribution in [0.3, 0.4) is 0 Å². The van der Waals surface area contributed by atoms with E-state index in [0.717, 1.165) is 12.5 Å². The highest BCUT2D eigenvalue weighted by Gasteiger charge is 2.35. The number of guanidine groups is 1. The quantitative estimate of drug-likeness (QED) is 0.875. The van der Waals surface area contributed by atoms with Gasteiger partial charge in [0, 0.05) is 15.8 Å². The predicted octanol–water partition coefficient (Wildman–Crippen LogP) is 2.67. The van der Waals surface area contributed by atoms with E-state index in [2.05, 4.69) is 28.9 Å². The van der Waals surface area contributed by atoms with Gasteiger partial charge in [0.2, 0.25) is 0 Å². The van der Waals surface area contributed by atoms with Crippen molar-refractivity contribution in [1.82, 2.24) is 4.90 Å². The third-order valence-electron chi connectivity index (χ3n) is 3.83. The van der Waals surface area contributed by atoms with Crippen LogP contribution in [0.1, 0.15) is 41.5 Å². The van der Waals surface area contributed by atoms with E-state index < -0.39 is 0 Å². The Labute approximate surface area is 106 Å². The molecule has 1 aliphatic heterocycles. The molecule has 1 atom stereocenters. The van der Waals surface area contributed by atoms with E-state index in [1.54, 1.807) is 0 Å². The molecule has 3 nitrogen and oxygen atoms in total. The number of aryl methyl sites for hydroxylation is 1. The largest absolute Gasteiger partial charge is 0.370 e. The molecule has 1 saturated carbocycles. The first-order chi connectivity index (χ1) is 8.25. The minimum Gasteiger partial charge on any atom is -0.370 e. The maximum absolute atomic E-state index is 6.07. The lowest BCUT2D eigenvalue weighted by atomic mass is 10.1. The van der Waals surface area contributed by atoms with E-state index >= 15 is 0 Å². The van der Waals surface area contributed by atoms with Crippen LogP contribution in [-0.4, -0.2) is 23.4 Å². The highest BCUT2D eigenvalue weighted by Crippen LogP contribution is 2.36. The van der Waals surface area contributed by atoms with Gasteiger partial charge in [-0.2, -0.15) is 0 Å². The summed E-state index contributed by atoms with van der Waals surface area (Å²) >= 11 is 1.88. The van der Waals surface area contributed by atoms with Crippen molar-refractivity contribution in [2.24, 2.45) is 10.7 Å². The van der Waals surface area contributed by atoms with Gasteiger partial charge in [0.25, 0.3) is 0 Å². The van der Waals surface area contributed by atoms with Crippen molar-refractivity contribution >= 4 is 17.3 Å². The van der Waals surface area contributed by atoms with Crippen LogP contribution in [0.15, 0.2) is 17.1 Å². The molecule has 2 N–H and O–H groups in total. The van der Waals surface area contributed by atoms with E-state index in [4.69, 9.17) is 5.73 Å². The first kappa shape index (κ1) is 11.1. The number of rotatable bonds is 2.